The molecule has 0 saturated heterocycles. The molecule has 0 aliphatic heterocycles. The molecular formula is C19H23FN2O. The first-order valence-corrected chi connectivity index (χ1v) is 7.71. The molecule has 0 saturated carbocycles. The van der Waals surface area contributed by atoms with Crippen LogP contribution in [0, 0.1) is 5.82 Å². The van der Waals surface area contributed by atoms with Crippen LogP contribution in [0.4, 0.5) is 10.1 Å². The first kappa shape index (κ1) is 17.2. The second kappa shape index (κ2) is 7.38. The summed E-state index contributed by atoms with van der Waals surface area (Å²) in [7, 11) is 0. The van der Waals surface area contributed by atoms with Crippen LogP contribution in [0.15, 0.2) is 48.5 Å². The molecule has 0 bridgehead atoms. The van der Waals surface area contributed by atoms with E-state index in [-0.39, 0.29) is 23.7 Å². The van der Waals surface area contributed by atoms with Crippen molar-refractivity contribution >= 4 is 11.6 Å². The third-order valence-electron chi connectivity index (χ3n) is 3.59. The van der Waals surface area contributed by atoms with Gasteiger partial charge in [-0.15, -0.1) is 0 Å². The number of halogens is 1. The molecule has 0 radical (unpaired) electrons. The van der Waals surface area contributed by atoms with Crippen LogP contribution in [0.25, 0.3) is 0 Å². The molecule has 0 atom stereocenters. The van der Waals surface area contributed by atoms with Crippen molar-refractivity contribution in [2.45, 2.75) is 32.7 Å². The van der Waals surface area contributed by atoms with Crippen molar-refractivity contribution in [2.75, 3.05) is 11.9 Å². The summed E-state index contributed by atoms with van der Waals surface area (Å²) in [5.74, 6) is -0.414. The van der Waals surface area contributed by atoms with Gasteiger partial charge in [0.05, 0.1) is 6.54 Å². The maximum atomic E-state index is 13.5. The Labute approximate surface area is 136 Å². The van der Waals surface area contributed by atoms with Crippen molar-refractivity contribution in [2.24, 2.45) is 0 Å². The lowest BCUT2D eigenvalue weighted by Gasteiger charge is -2.19. The summed E-state index contributed by atoms with van der Waals surface area (Å²) in [5.41, 5.74) is 2.61. The average Bonchev–Trinajstić information content (AvgIpc) is 2.49. The van der Waals surface area contributed by atoms with Crippen molar-refractivity contribution in [3.63, 3.8) is 0 Å². The topological polar surface area (TPSA) is 41.1 Å². The Balaban J connectivity index is 1.82. The van der Waals surface area contributed by atoms with Crippen LogP contribution in [0.2, 0.25) is 0 Å². The standard InChI is InChI=1S/C19H23FN2O/c1-19(2,3)15-8-10-16(11-9-15)22-18(23)13-21-12-14-6-4-5-7-17(14)20/h4-11,21H,12-13H2,1-3H3,(H,22,23). The first-order chi connectivity index (χ1) is 10.9. The Morgan fingerprint density at radius 1 is 1.04 bits per heavy atom. The molecule has 0 fully saturated rings. The number of carbonyl (C=O) groups excluding carboxylic acids is 1. The molecule has 0 spiro atoms. The van der Waals surface area contributed by atoms with Crippen LogP contribution >= 0.6 is 0 Å². The minimum absolute atomic E-state index is 0.0872. The molecule has 0 aliphatic rings. The maximum absolute atomic E-state index is 13.5. The predicted molar refractivity (Wildman–Crippen MR) is 91.9 cm³/mol. The Morgan fingerprint density at radius 2 is 1.70 bits per heavy atom. The van der Waals surface area contributed by atoms with Gasteiger partial charge in [0.25, 0.3) is 0 Å². The summed E-state index contributed by atoms with van der Waals surface area (Å²) in [6.45, 7) is 6.89. The number of hydrogen-bond donors (Lipinski definition) is 2. The summed E-state index contributed by atoms with van der Waals surface area (Å²) >= 11 is 0. The number of amides is 1. The van der Waals surface area contributed by atoms with E-state index in [0.29, 0.717) is 12.1 Å². The van der Waals surface area contributed by atoms with E-state index in [2.05, 4.69) is 31.4 Å². The van der Waals surface area contributed by atoms with Gasteiger partial charge >= 0.3 is 0 Å². The Hall–Kier alpha value is -2.20. The minimum Gasteiger partial charge on any atom is -0.325 e. The molecule has 2 aromatic carbocycles. The molecule has 122 valence electrons. The van der Waals surface area contributed by atoms with Gasteiger partial charge in [-0.1, -0.05) is 51.1 Å². The fourth-order valence-electron chi connectivity index (χ4n) is 2.21. The number of carbonyl (C=O) groups is 1. The van der Waals surface area contributed by atoms with Gasteiger partial charge in [0, 0.05) is 17.8 Å². The summed E-state index contributed by atoms with van der Waals surface area (Å²) < 4.78 is 13.5. The molecule has 2 rings (SSSR count). The molecule has 4 heteroatoms. The fraction of sp³-hybridized carbons (Fsp3) is 0.316. The number of nitrogens with one attached hydrogen (secondary N) is 2. The third kappa shape index (κ3) is 5.18. The van der Waals surface area contributed by atoms with Crippen molar-refractivity contribution < 1.29 is 9.18 Å². The van der Waals surface area contributed by atoms with E-state index >= 15 is 0 Å². The van der Waals surface area contributed by atoms with Gasteiger partial charge < -0.3 is 10.6 Å². The van der Waals surface area contributed by atoms with Crippen LogP contribution in [0.1, 0.15) is 31.9 Å². The zero-order chi connectivity index (χ0) is 16.9. The van der Waals surface area contributed by atoms with E-state index in [1.807, 2.05) is 24.3 Å². The van der Waals surface area contributed by atoms with Crippen LogP contribution in [0.3, 0.4) is 0 Å². The van der Waals surface area contributed by atoms with E-state index in [9.17, 15) is 9.18 Å². The molecule has 1 amide bonds. The van der Waals surface area contributed by atoms with Crippen LogP contribution in [-0.4, -0.2) is 12.5 Å². The zero-order valence-corrected chi connectivity index (χ0v) is 13.8. The monoisotopic (exact) mass is 314 g/mol. The van der Waals surface area contributed by atoms with Gasteiger partial charge in [-0.2, -0.15) is 0 Å². The molecular weight excluding hydrogens is 291 g/mol. The second-order valence-electron chi connectivity index (χ2n) is 6.57. The summed E-state index contributed by atoms with van der Waals surface area (Å²) in [4.78, 5) is 11.9. The van der Waals surface area contributed by atoms with Crippen molar-refractivity contribution in [3.05, 3.63) is 65.5 Å². The lowest BCUT2D eigenvalue weighted by atomic mass is 9.87. The highest BCUT2D eigenvalue weighted by Crippen LogP contribution is 2.23. The largest absolute Gasteiger partial charge is 0.325 e. The first-order valence-electron chi connectivity index (χ1n) is 7.71. The van der Waals surface area contributed by atoms with E-state index in [0.717, 1.165) is 5.69 Å². The summed E-state index contributed by atoms with van der Waals surface area (Å²) in [5, 5.41) is 5.77. The normalized spacial score (nSPS) is 11.3. The molecule has 3 nitrogen and oxygen atoms in total. The lowest BCUT2D eigenvalue weighted by molar-refractivity contribution is -0.115. The number of rotatable bonds is 5. The highest BCUT2D eigenvalue weighted by Gasteiger charge is 2.13. The van der Waals surface area contributed by atoms with Crippen LogP contribution in [0.5, 0.6) is 0 Å². The van der Waals surface area contributed by atoms with Gasteiger partial charge in [-0.05, 0) is 29.2 Å². The van der Waals surface area contributed by atoms with E-state index in [1.54, 1.807) is 18.2 Å². The number of benzene rings is 2. The summed E-state index contributed by atoms with van der Waals surface area (Å²) in [6, 6.07) is 14.4. The highest BCUT2D eigenvalue weighted by atomic mass is 19.1. The van der Waals surface area contributed by atoms with E-state index < -0.39 is 0 Å². The number of anilines is 1. The van der Waals surface area contributed by atoms with E-state index in [1.165, 1.54) is 11.6 Å². The van der Waals surface area contributed by atoms with Gasteiger partial charge in [-0.25, -0.2) is 4.39 Å². The lowest BCUT2D eigenvalue weighted by Crippen LogP contribution is -2.28. The second-order valence-corrected chi connectivity index (χ2v) is 6.57. The molecule has 2 N–H and O–H groups in total. The minimum atomic E-state index is -0.266. The summed E-state index contributed by atoms with van der Waals surface area (Å²) in [6.07, 6.45) is 0. The molecule has 23 heavy (non-hydrogen) atoms. The van der Waals surface area contributed by atoms with Crippen molar-refractivity contribution in [1.29, 1.82) is 0 Å². The van der Waals surface area contributed by atoms with Crippen LogP contribution in [-0.2, 0) is 16.8 Å². The third-order valence-corrected chi connectivity index (χ3v) is 3.59. The smallest absolute Gasteiger partial charge is 0.238 e. The Bertz CT molecular complexity index is 660. The maximum Gasteiger partial charge on any atom is 0.238 e. The van der Waals surface area contributed by atoms with Gasteiger partial charge in [0.15, 0.2) is 0 Å². The quantitative estimate of drug-likeness (QED) is 0.880. The Morgan fingerprint density at radius 3 is 2.30 bits per heavy atom. The van der Waals surface area contributed by atoms with E-state index in [4.69, 9.17) is 0 Å². The Kier molecular flexibility index (Phi) is 5.50. The highest BCUT2D eigenvalue weighted by molar-refractivity contribution is 5.92. The molecule has 0 aliphatic carbocycles. The van der Waals surface area contributed by atoms with Gasteiger partial charge in [0.2, 0.25) is 5.91 Å². The molecule has 0 heterocycles. The molecule has 0 aromatic heterocycles. The zero-order valence-electron chi connectivity index (χ0n) is 13.8. The number of hydrogen-bond acceptors (Lipinski definition) is 2. The molecule has 2 aromatic rings. The molecule has 0 unspecified atom stereocenters. The van der Waals surface area contributed by atoms with Gasteiger partial charge in [-0.3, -0.25) is 4.79 Å². The fourth-order valence-corrected chi connectivity index (χ4v) is 2.21. The SMILES string of the molecule is CC(C)(C)c1ccc(NC(=O)CNCc2ccccc2F)cc1. The predicted octanol–water partition coefficient (Wildman–Crippen LogP) is 3.85. The van der Waals surface area contributed by atoms with Crippen molar-refractivity contribution in [1.82, 2.24) is 5.32 Å². The average molecular weight is 314 g/mol. The van der Waals surface area contributed by atoms with Crippen molar-refractivity contribution in [3.8, 4) is 0 Å². The van der Waals surface area contributed by atoms with Crippen LogP contribution < -0.4 is 10.6 Å². The van der Waals surface area contributed by atoms with Gasteiger partial charge in [0.1, 0.15) is 5.82 Å².